The average Bonchev–Trinajstić information content (AvgIpc) is 1.21. The lowest BCUT2D eigenvalue weighted by molar-refractivity contribution is 0.479. The molecule has 0 saturated carbocycles. The number of hydrogen-bond acceptors (Lipinski definition) is 1. The Morgan fingerprint density at radius 1 is 1.62 bits per heavy atom. The topological polar surface area (TPSA) is 26.0 Å². The first-order chi connectivity index (χ1) is 3.42. The van der Waals surface area contributed by atoms with Gasteiger partial charge in [-0.1, -0.05) is 22.9 Å². The van der Waals surface area contributed by atoms with Crippen LogP contribution in [-0.4, -0.2) is 10.4 Å². The molecule has 2 N–H and O–H groups in total. The molecule has 0 radical (unpaired) electrons. The quantitative estimate of drug-likeness (QED) is 0.645. The normalized spacial score (nSPS) is 16.1. The van der Waals surface area contributed by atoms with Crippen molar-refractivity contribution in [2.75, 3.05) is 0 Å². The smallest absolute Gasteiger partial charge is 0.0134 e. The largest absolute Gasteiger partial charge is 0.326 e. The maximum Gasteiger partial charge on any atom is 0.0134 e. The van der Waals surface area contributed by atoms with Crippen LogP contribution in [0.3, 0.4) is 0 Å². The molecular weight excluding hydrogens is 166 g/mol. The lowest BCUT2D eigenvalue weighted by Crippen LogP contribution is -2.33. The van der Waals surface area contributed by atoms with E-state index in [0.717, 1.165) is 6.42 Å². The summed E-state index contributed by atoms with van der Waals surface area (Å²) in [6.45, 7) is 6.17. The van der Waals surface area contributed by atoms with Gasteiger partial charge < -0.3 is 5.73 Å². The van der Waals surface area contributed by atoms with Gasteiger partial charge in [0.25, 0.3) is 0 Å². The SMILES string of the molecule is CC(Br)CC(C)(C)N. The van der Waals surface area contributed by atoms with Crippen molar-refractivity contribution in [1.82, 2.24) is 0 Å². The zero-order valence-electron chi connectivity index (χ0n) is 5.74. The van der Waals surface area contributed by atoms with Gasteiger partial charge >= 0.3 is 0 Å². The van der Waals surface area contributed by atoms with Crippen LogP contribution >= 0.6 is 15.9 Å². The highest BCUT2D eigenvalue weighted by atomic mass is 79.9. The molecule has 50 valence electrons. The van der Waals surface area contributed by atoms with Gasteiger partial charge in [0.05, 0.1) is 0 Å². The Morgan fingerprint density at radius 2 is 2.00 bits per heavy atom. The van der Waals surface area contributed by atoms with Crippen molar-refractivity contribution in [2.24, 2.45) is 5.73 Å². The Kier molecular flexibility index (Phi) is 2.99. The molecule has 0 aliphatic heterocycles. The van der Waals surface area contributed by atoms with E-state index in [9.17, 15) is 0 Å². The third kappa shape index (κ3) is 6.44. The Balaban J connectivity index is 3.39. The number of nitrogens with two attached hydrogens (primary N) is 1. The number of halogens is 1. The fourth-order valence-electron chi connectivity index (χ4n) is 0.725. The molecule has 0 aromatic heterocycles. The van der Waals surface area contributed by atoms with E-state index >= 15 is 0 Å². The van der Waals surface area contributed by atoms with Crippen LogP contribution in [0.5, 0.6) is 0 Å². The molecule has 0 saturated heterocycles. The molecule has 0 rings (SSSR count). The molecule has 0 bridgehead atoms. The number of hydrogen-bond donors (Lipinski definition) is 1. The molecule has 1 nitrogen and oxygen atoms in total. The van der Waals surface area contributed by atoms with Gasteiger partial charge in [0.2, 0.25) is 0 Å². The molecule has 2 heteroatoms. The molecule has 8 heavy (non-hydrogen) atoms. The molecule has 1 atom stereocenters. The summed E-state index contributed by atoms with van der Waals surface area (Å²) in [6, 6.07) is 0. The van der Waals surface area contributed by atoms with Crippen molar-refractivity contribution in [3.05, 3.63) is 0 Å². The Morgan fingerprint density at radius 3 is 2.00 bits per heavy atom. The minimum absolute atomic E-state index is 0.0249. The molecule has 0 aromatic rings. The minimum atomic E-state index is -0.0249. The molecule has 1 unspecified atom stereocenters. The van der Waals surface area contributed by atoms with Gasteiger partial charge in [-0.15, -0.1) is 0 Å². The summed E-state index contributed by atoms with van der Waals surface area (Å²) in [4.78, 5) is 0.530. The van der Waals surface area contributed by atoms with Gasteiger partial charge in [-0.2, -0.15) is 0 Å². The van der Waals surface area contributed by atoms with Gasteiger partial charge in [0.1, 0.15) is 0 Å². The summed E-state index contributed by atoms with van der Waals surface area (Å²) in [7, 11) is 0. The average molecular weight is 180 g/mol. The zero-order chi connectivity index (χ0) is 6.78. The van der Waals surface area contributed by atoms with E-state index in [1.165, 1.54) is 0 Å². The predicted molar refractivity (Wildman–Crippen MR) is 41.3 cm³/mol. The number of rotatable bonds is 2. The van der Waals surface area contributed by atoms with Gasteiger partial charge in [0, 0.05) is 10.4 Å². The van der Waals surface area contributed by atoms with Gasteiger partial charge in [0.15, 0.2) is 0 Å². The highest BCUT2D eigenvalue weighted by molar-refractivity contribution is 9.09. The van der Waals surface area contributed by atoms with E-state index in [1.807, 2.05) is 13.8 Å². The number of alkyl halides is 1. The highest BCUT2D eigenvalue weighted by Gasteiger charge is 2.12. The highest BCUT2D eigenvalue weighted by Crippen LogP contribution is 2.12. The monoisotopic (exact) mass is 179 g/mol. The summed E-state index contributed by atoms with van der Waals surface area (Å²) in [5.74, 6) is 0. The fourth-order valence-corrected chi connectivity index (χ4v) is 1.56. The van der Waals surface area contributed by atoms with Crippen LogP contribution in [0, 0.1) is 0 Å². The molecule has 0 aliphatic rings. The second-order valence-electron chi connectivity index (χ2n) is 2.97. The molecule has 0 aliphatic carbocycles. The van der Waals surface area contributed by atoms with E-state index in [1.54, 1.807) is 0 Å². The first-order valence-electron chi connectivity index (χ1n) is 2.85. The van der Waals surface area contributed by atoms with Crippen LogP contribution in [-0.2, 0) is 0 Å². The van der Waals surface area contributed by atoms with E-state index in [-0.39, 0.29) is 5.54 Å². The Hall–Kier alpha value is 0.440. The lowest BCUT2D eigenvalue weighted by atomic mass is 10.0. The van der Waals surface area contributed by atoms with Crippen molar-refractivity contribution in [1.29, 1.82) is 0 Å². The van der Waals surface area contributed by atoms with Crippen LogP contribution in [0.1, 0.15) is 27.2 Å². The van der Waals surface area contributed by atoms with Crippen LogP contribution in [0.25, 0.3) is 0 Å². The maximum atomic E-state index is 5.71. The predicted octanol–water partition coefficient (Wildman–Crippen LogP) is 1.90. The van der Waals surface area contributed by atoms with Gasteiger partial charge in [-0.05, 0) is 20.3 Å². The first-order valence-corrected chi connectivity index (χ1v) is 3.76. The van der Waals surface area contributed by atoms with Gasteiger partial charge in [-0.3, -0.25) is 0 Å². The molecule has 0 amide bonds. The van der Waals surface area contributed by atoms with Crippen molar-refractivity contribution in [3.8, 4) is 0 Å². The zero-order valence-corrected chi connectivity index (χ0v) is 7.33. The third-order valence-corrected chi connectivity index (χ3v) is 1.13. The molecule has 0 heterocycles. The summed E-state index contributed by atoms with van der Waals surface area (Å²) in [5.41, 5.74) is 5.68. The van der Waals surface area contributed by atoms with E-state index < -0.39 is 0 Å². The van der Waals surface area contributed by atoms with Crippen molar-refractivity contribution >= 4 is 15.9 Å². The lowest BCUT2D eigenvalue weighted by Gasteiger charge is -2.19. The molecular formula is C6H14BrN. The van der Waals surface area contributed by atoms with Crippen molar-refractivity contribution in [2.45, 2.75) is 37.6 Å². The summed E-state index contributed by atoms with van der Waals surface area (Å²) in [6.07, 6.45) is 1.02. The van der Waals surface area contributed by atoms with E-state index in [0.29, 0.717) is 4.83 Å². The van der Waals surface area contributed by atoms with E-state index in [4.69, 9.17) is 5.73 Å². The van der Waals surface area contributed by atoms with Crippen molar-refractivity contribution < 1.29 is 0 Å². The van der Waals surface area contributed by atoms with Crippen LogP contribution in [0.4, 0.5) is 0 Å². The van der Waals surface area contributed by atoms with E-state index in [2.05, 4.69) is 22.9 Å². The standard InChI is InChI=1S/C6H14BrN/c1-5(7)4-6(2,3)8/h5H,4,8H2,1-3H3. The summed E-state index contributed by atoms with van der Waals surface area (Å²) >= 11 is 3.43. The fraction of sp³-hybridized carbons (Fsp3) is 1.00. The summed E-state index contributed by atoms with van der Waals surface area (Å²) < 4.78 is 0. The van der Waals surface area contributed by atoms with Gasteiger partial charge in [-0.25, -0.2) is 0 Å². The Labute approximate surface area is 59.8 Å². The molecule has 0 fully saturated rings. The Bertz CT molecular complexity index is 63.4. The minimum Gasteiger partial charge on any atom is -0.326 e. The summed E-state index contributed by atoms with van der Waals surface area (Å²) in [5, 5.41) is 0. The van der Waals surface area contributed by atoms with Crippen LogP contribution in [0.15, 0.2) is 0 Å². The molecule has 0 spiro atoms. The van der Waals surface area contributed by atoms with Crippen molar-refractivity contribution in [3.63, 3.8) is 0 Å². The second-order valence-corrected chi connectivity index (χ2v) is 4.54. The molecule has 0 aromatic carbocycles. The van der Waals surface area contributed by atoms with Crippen LogP contribution < -0.4 is 5.73 Å². The van der Waals surface area contributed by atoms with Crippen LogP contribution in [0.2, 0.25) is 0 Å². The first kappa shape index (κ1) is 8.44. The third-order valence-electron chi connectivity index (χ3n) is 0.807. The maximum absolute atomic E-state index is 5.71. The second kappa shape index (κ2) is 2.83.